The van der Waals surface area contributed by atoms with Crippen molar-refractivity contribution in [1.29, 1.82) is 0 Å². The molecule has 3 nitrogen and oxygen atoms in total. The maximum atomic E-state index is 11.9. The number of carbonyl (C=O) groups is 1. The first-order chi connectivity index (χ1) is 12.8. The van der Waals surface area contributed by atoms with E-state index < -0.39 is 0 Å². The van der Waals surface area contributed by atoms with Gasteiger partial charge in [0.1, 0.15) is 0 Å². The van der Waals surface area contributed by atoms with Crippen LogP contribution in [0, 0.1) is 34.5 Å². The number of unbranched alkanes of at least 4 members (excludes halogenated alkanes) is 2. The van der Waals surface area contributed by atoms with Crippen molar-refractivity contribution in [2.24, 2.45) is 34.5 Å². The van der Waals surface area contributed by atoms with Crippen LogP contribution in [0.5, 0.6) is 0 Å². The van der Waals surface area contributed by atoms with Crippen LogP contribution in [-0.2, 0) is 9.53 Å². The van der Waals surface area contributed by atoms with Crippen LogP contribution in [0.1, 0.15) is 97.8 Å². The summed E-state index contributed by atoms with van der Waals surface area (Å²) in [6.45, 7) is 7.11. The minimum atomic E-state index is -0.106. The Morgan fingerprint density at radius 1 is 1.15 bits per heavy atom. The van der Waals surface area contributed by atoms with Crippen LogP contribution < -0.4 is 0 Å². The van der Waals surface area contributed by atoms with E-state index in [1.54, 1.807) is 0 Å². The minimum Gasteiger partial charge on any atom is -0.469 e. The molecule has 0 radical (unpaired) electrons. The standard InChI is InChI=1S/C24H42O3/c1-5-6-7-8-17-15-18-19(23(2,16-17)13-12-22(26)27-4)11-14-24(3)20(18)9-10-21(24)25/h17-21,25H,5-16H2,1-4H3/t17-,18+,19-,20-,21-,23-,24-/m0/s1. The lowest BCUT2D eigenvalue weighted by molar-refractivity contribution is -0.143. The Balaban J connectivity index is 1.79. The molecular weight excluding hydrogens is 336 g/mol. The number of carbonyl (C=O) groups excluding carboxylic acids is 1. The fraction of sp³-hybridized carbons (Fsp3) is 0.958. The first kappa shape index (κ1) is 21.1. The SMILES string of the molecule is CCCCC[C@H]1C[C@@H]2[C@H](CC[C@]3(C)[C@@H](O)CC[C@@H]23)[C@@](C)(CCC(=O)OC)C1. The third-order valence-electron chi connectivity index (χ3n) is 8.99. The summed E-state index contributed by atoms with van der Waals surface area (Å²) in [6, 6.07) is 0. The molecule has 0 bridgehead atoms. The number of hydrogen-bond donors (Lipinski definition) is 1. The van der Waals surface area contributed by atoms with E-state index in [1.165, 1.54) is 58.5 Å². The third-order valence-corrected chi connectivity index (χ3v) is 8.99. The van der Waals surface area contributed by atoms with Crippen molar-refractivity contribution < 1.29 is 14.6 Å². The number of esters is 1. The van der Waals surface area contributed by atoms with Crippen LogP contribution >= 0.6 is 0 Å². The van der Waals surface area contributed by atoms with Gasteiger partial charge >= 0.3 is 5.97 Å². The first-order valence-corrected chi connectivity index (χ1v) is 11.6. The highest BCUT2D eigenvalue weighted by Gasteiger charge is 2.58. The maximum absolute atomic E-state index is 11.9. The highest BCUT2D eigenvalue weighted by Crippen LogP contribution is 2.64. The zero-order valence-electron chi connectivity index (χ0n) is 18.1. The second-order valence-corrected chi connectivity index (χ2v) is 10.5. The van der Waals surface area contributed by atoms with Gasteiger partial charge in [-0.2, -0.15) is 0 Å². The minimum absolute atomic E-state index is 0.0576. The number of aliphatic hydroxyl groups is 1. The van der Waals surface area contributed by atoms with Gasteiger partial charge in [-0.25, -0.2) is 0 Å². The number of rotatable bonds is 7. The van der Waals surface area contributed by atoms with Gasteiger partial charge < -0.3 is 9.84 Å². The van der Waals surface area contributed by atoms with Crippen LogP contribution in [0.3, 0.4) is 0 Å². The van der Waals surface area contributed by atoms with Gasteiger partial charge in [0, 0.05) is 6.42 Å². The average molecular weight is 379 g/mol. The normalized spacial score (nSPS) is 43.8. The second-order valence-electron chi connectivity index (χ2n) is 10.5. The Morgan fingerprint density at radius 3 is 2.63 bits per heavy atom. The molecule has 1 N–H and O–H groups in total. The molecule has 3 heteroatoms. The molecule has 0 aliphatic heterocycles. The fourth-order valence-electron chi connectivity index (χ4n) is 7.41. The van der Waals surface area contributed by atoms with E-state index in [1.807, 2.05) is 0 Å². The van der Waals surface area contributed by atoms with Crippen molar-refractivity contribution in [1.82, 2.24) is 0 Å². The summed E-state index contributed by atoms with van der Waals surface area (Å²) < 4.78 is 4.96. The van der Waals surface area contributed by atoms with Gasteiger partial charge in [0.15, 0.2) is 0 Å². The summed E-state index contributed by atoms with van der Waals surface area (Å²) in [5, 5.41) is 10.7. The second kappa shape index (κ2) is 8.43. The molecule has 0 saturated heterocycles. The lowest BCUT2D eigenvalue weighted by atomic mass is 9.47. The van der Waals surface area contributed by atoms with E-state index in [-0.39, 0.29) is 22.9 Å². The predicted molar refractivity (Wildman–Crippen MR) is 109 cm³/mol. The first-order valence-electron chi connectivity index (χ1n) is 11.6. The van der Waals surface area contributed by atoms with E-state index in [4.69, 9.17) is 4.74 Å². The highest BCUT2D eigenvalue weighted by molar-refractivity contribution is 5.69. The fourth-order valence-corrected chi connectivity index (χ4v) is 7.41. The molecule has 27 heavy (non-hydrogen) atoms. The van der Waals surface area contributed by atoms with Crippen LogP contribution in [0.15, 0.2) is 0 Å². The molecule has 0 aromatic carbocycles. The quantitative estimate of drug-likeness (QED) is 0.454. The molecule has 3 fully saturated rings. The molecule has 0 amide bonds. The monoisotopic (exact) mass is 378 g/mol. The van der Waals surface area contributed by atoms with Gasteiger partial charge in [-0.3, -0.25) is 4.79 Å². The molecule has 3 rings (SSSR count). The Labute approximate surface area is 166 Å². The number of aliphatic hydroxyl groups excluding tert-OH is 1. The Bertz CT molecular complexity index is 518. The van der Waals surface area contributed by atoms with E-state index in [2.05, 4.69) is 20.8 Å². The smallest absolute Gasteiger partial charge is 0.305 e. The van der Waals surface area contributed by atoms with E-state index in [0.29, 0.717) is 18.3 Å². The topological polar surface area (TPSA) is 46.5 Å². The van der Waals surface area contributed by atoms with Gasteiger partial charge in [-0.15, -0.1) is 0 Å². The van der Waals surface area contributed by atoms with E-state index in [0.717, 1.165) is 31.1 Å². The Morgan fingerprint density at radius 2 is 1.93 bits per heavy atom. The third kappa shape index (κ3) is 4.09. The van der Waals surface area contributed by atoms with Crippen LogP contribution in [-0.4, -0.2) is 24.3 Å². The molecule has 0 aromatic heterocycles. The van der Waals surface area contributed by atoms with Gasteiger partial charge in [0.05, 0.1) is 13.2 Å². The molecule has 7 atom stereocenters. The zero-order valence-corrected chi connectivity index (χ0v) is 18.1. The zero-order chi connectivity index (χ0) is 19.7. The summed E-state index contributed by atoms with van der Waals surface area (Å²) in [4.78, 5) is 11.9. The van der Waals surface area contributed by atoms with E-state index >= 15 is 0 Å². The predicted octanol–water partition coefficient (Wildman–Crippen LogP) is 5.74. The summed E-state index contributed by atoms with van der Waals surface area (Å²) in [7, 11) is 1.51. The van der Waals surface area contributed by atoms with Gasteiger partial charge in [0.25, 0.3) is 0 Å². The average Bonchev–Trinajstić information content (AvgIpc) is 2.95. The Kier molecular flexibility index (Phi) is 6.60. The van der Waals surface area contributed by atoms with Crippen LogP contribution in [0.25, 0.3) is 0 Å². The molecule has 156 valence electrons. The van der Waals surface area contributed by atoms with Crippen LogP contribution in [0.2, 0.25) is 0 Å². The number of methoxy groups -OCH3 is 1. The summed E-state index contributed by atoms with van der Waals surface area (Å²) in [6.07, 6.45) is 13.9. The summed E-state index contributed by atoms with van der Waals surface area (Å²) in [5.41, 5.74) is 0.387. The van der Waals surface area contributed by atoms with Crippen LogP contribution in [0.4, 0.5) is 0 Å². The van der Waals surface area contributed by atoms with Crippen molar-refractivity contribution in [2.45, 2.75) is 104 Å². The summed E-state index contributed by atoms with van der Waals surface area (Å²) in [5.74, 6) is 2.87. The molecule has 0 aromatic rings. The Hall–Kier alpha value is -0.570. The van der Waals surface area contributed by atoms with Gasteiger partial charge in [-0.1, -0.05) is 46.5 Å². The molecular formula is C24H42O3. The van der Waals surface area contributed by atoms with Crippen molar-refractivity contribution in [3.63, 3.8) is 0 Å². The van der Waals surface area contributed by atoms with Gasteiger partial charge in [-0.05, 0) is 79.4 Å². The number of hydrogen-bond acceptors (Lipinski definition) is 3. The number of fused-ring (bicyclic) bond motifs is 3. The van der Waals surface area contributed by atoms with Crippen molar-refractivity contribution in [2.75, 3.05) is 7.11 Å². The molecule has 3 aliphatic rings. The molecule has 0 spiro atoms. The van der Waals surface area contributed by atoms with E-state index in [9.17, 15) is 9.90 Å². The largest absolute Gasteiger partial charge is 0.469 e. The maximum Gasteiger partial charge on any atom is 0.305 e. The van der Waals surface area contributed by atoms with Crippen molar-refractivity contribution >= 4 is 5.97 Å². The lowest BCUT2D eigenvalue weighted by Gasteiger charge is -2.58. The molecule has 0 unspecified atom stereocenters. The molecule has 3 saturated carbocycles. The summed E-state index contributed by atoms with van der Waals surface area (Å²) >= 11 is 0. The number of ether oxygens (including phenoxy) is 1. The van der Waals surface area contributed by atoms with Crippen molar-refractivity contribution in [3.05, 3.63) is 0 Å². The van der Waals surface area contributed by atoms with Gasteiger partial charge in [0.2, 0.25) is 0 Å². The lowest BCUT2D eigenvalue weighted by Crippen LogP contribution is -2.51. The highest BCUT2D eigenvalue weighted by atomic mass is 16.5. The molecule has 3 aliphatic carbocycles. The van der Waals surface area contributed by atoms with Crippen molar-refractivity contribution in [3.8, 4) is 0 Å². The molecule has 0 heterocycles.